The van der Waals surface area contributed by atoms with Gasteiger partial charge in [-0.3, -0.25) is 0 Å². The van der Waals surface area contributed by atoms with Crippen molar-refractivity contribution < 1.29 is 8.94 Å². The van der Waals surface area contributed by atoms with E-state index in [2.05, 4.69) is 25.3 Å². The summed E-state index contributed by atoms with van der Waals surface area (Å²) in [6, 6.07) is 1.96. The van der Waals surface area contributed by atoms with E-state index in [4.69, 9.17) is 8.94 Å². The molecule has 0 saturated carbocycles. The van der Waals surface area contributed by atoms with Gasteiger partial charge in [0.15, 0.2) is 0 Å². The zero-order valence-electron chi connectivity index (χ0n) is 12.5. The van der Waals surface area contributed by atoms with Crippen molar-refractivity contribution in [1.82, 2.24) is 25.3 Å². The van der Waals surface area contributed by atoms with E-state index in [1.807, 2.05) is 29.1 Å². The molecule has 0 aliphatic heterocycles. The van der Waals surface area contributed by atoms with Gasteiger partial charge < -0.3 is 8.94 Å². The van der Waals surface area contributed by atoms with Crippen molar-refractivity contribution in [3.63, 3.8) is 0 Å². The van der Waals surface area contributed by atoms with E-state index >= 15 is 0 Å². The topological polar surface area (TPSA) is 90.7 Å². The fourth-order valence-corrected chi connectivity index (χ4v) is 3.82. The Bertz CT molecular complexity index is 928. The summed E-state index contributed by atoms with van der Waals surface area (Å²) in [6.07, 6.45) is 0.542. The second kappa shape index (κ2) is 6.83. The van der Waals surface area contributed by atoms with Crippen molar-refractivity contribution in [3.8, 4) is 11.4 Å². The molecule has 0 atom stereocenters. The number of nitrogens with zero attached hydrogens (tertiary/aromatic N) is 5. The molecule has 0 aliphatic rings. The highest BCUT2D eigenvalue weighted by atomic mass is 32.2. The largest absolute Gasteiger partial charge is 0.416 e. The number of rotatable bonds is 6. The van der Waals surface area contributed by atoms with Crippen LogP contribution in [0, 0.1) is 6.92 Å². The molecule has 0 N–H and O–H groups in total. The van der Waals surface area contributed by atoms with Crippen LogP contribution in [0.5, 0.6) is 0 Å². The highest BCUT2D eigenvalue weighted by molar-refractivity contribution is 7.98. The fourth-order valence-electron chi connectivity index (χ4n) is 1.96. The van der Waals surface area contributed by atoms with E-state index in [-0.39, 0.29) is 0 Å². The van der Waals surface area contributed by atoms with Crippen molar-refractivity contribution in [2.75, 3.05) is 0 Å². The van der Waals surface area contributed by atoms with E-state index in [0.29, 0.717) is 35.0 Å². The lowest BCUT2D eigenvalue weighted by molar-refractivity contribution is 0.389. The van der Waals surface area contributed by atoms with E-state index in [1.165, 1.54) is 11.8 Å². The van der Waals surface area contributed by atoms with Crippen LogP contribution in [0.1, 0.15) is 22.5 Å². The van der Waals surface area contributed by atoms with Gasteiger partial charge in [0.25, 0.3) is 5.22 Å². The number of thiophene rings is 1. The fraction of sp³-hybridized carbons (Fsp3) is 0.214. The van der Waals surface area contributed by atoms with Crippen molar-refractivity contribution in [1.29, 1.82) is 0 Å². The Morgan fingerprint density at radius 3 is 2.92 bits per heavy atom. The third-order valence-corrected chi connectivity index (χ3v) is 5.32. The van der Waals surface area contributed by atoms with Gasteiger partial charge >= 0.3 is 0 Å². The summed E-state index contributed by atoms with van der Waals surface area (Å²) in [7, 11) is 0. The lowest BCUT2D eigenvalue weighted by Crippen LogP contribution is -1.88. The average Bonchev–Trinajstić information content (AvgIpc) is 3.34. The zero-order chi connectivity index (χ0) is 16.4. The van der Waals surface area contributed by atoms with Gasteiger partial charge in [0.05, 0.1) is 22.9 Å². The Labute approximate surface area is 149 Å². The molecule has 122 valence electrons. The third kappa shape index (κ3) is 3.55. The molecule has 0 unspecified atom stereocenters. The van der Waals surface area contributed by atoms with Gasteiger partial charge in [-0.1, -0.05) is 16.9 Å². The minimum atomic E-state index is 0.479. The summed E-state index contributed by atoms with van der Waals surface area (Å²) in [4.78, 5) is 8.74. The Hall–Kier alpha value is -2.04. The number of thiazole rings is 1. The van der Waals surface area contributed by atoms with E-state index in [0.717, 1.165) is 16.3 Å². The molecule has 4 aromatic rings. The quantitative estimate of drug-likeness (QED) is 0.468. The van der Waals surface area contributed by atoms with Gasteiger partial charge in [0.2, 0.25) is 17.6 Å². The van der Waals surface area contributed by atoms with Gasteiger partial charge in [-0.2, -0.15) is 16.3 Å². The van der Waals surface area contributed by atoms with E-state index < -0.39 is 0 Å². The first-order valence-corrected chi connectivity index (χ1v) is 9.78. The third-order valence-electron chi connectivity index (χ3n) is 3.01. The molecular formula is C14H11N5O2S3. The maximum atomic E-state index is 5.61. The smallest absolute Gasteiger partial charge is 0.277 e. The molecule has 10 heteroatoms. The van der Waals surface area contributed by atoms with Gasteiger partial charge in [-0.25, -0.2) is 4.98 Å². The lowest BCUT2D eigenvalue weighted by atomic mass is 10.3. The van der Waals surface area contributed by atoms with Crippen LogP contribution in [-0.4, -0.2) is 25.3 Å². The number of thioether (sulfide) groups is 1. The molecule has 0 bridgehead atoms. The first-order chi connectivity index (χ1) is 11.8. The monoisotopic (exact) mass is 377 g/mol. The number of aryl methyl sites for hydroxylation is 1. The van der Waals surface area contributed by atoms with E-state index in [9.17, 15) is 0 Å². The van der Waals surface area contributed by atoms with Crippen LogP contribution in [0.25, 0.3) is 11.4 Å². The Morgan fingerprint density at radius 1 is 1.17 bits per heavy atom. The van der Waals surface area contributed by atoms with Gasteiger partial charge in [-0.15, -0.1) is 21.5 Å². The SMILES string of the molecule is Cc1nc(Cc2nnc(SCc3nc(-c4ccsc4)no3)o2)cs1. The molecule has 4 heterocycles. The Balaban J connectivity index is 1.36. The first kappa shape index (κ1) is 15.5. The molecule has 0 aromatic carbocycles. The maximum absolute atomic E-state index is 5.61. The highest BCUT2D eigenvalue weighted by Crippen LogP contribution is 2.24. The maximum Gasteiger partial charge on any atom is 0.277 e. The Morgan fingerprint density at radius 2 is 2.12 bits per heavy atom. The molecule has 4 rings (SSSR count). The summed E-state index contributed by atoms with van der Waals surface area (Å²) in [5, 5.41) is 19.5. The molecule has 4 aromatic heterocycles. The van der Waals surface area contributed by atoms with E-state index in [1.54, 1.807) is 22.7 Å². The molecule has 0 saturated heterocycles. The molecule has 7 nitrogen and oxygen atoms in total. The van der Waals surface area contributed by atoms with Crippen molar-refractivity contribution >= 4 is 34.4 Å². The second-order valence-corrected chi connectivity index (χ2v) is 7.58. The molecular weight excluding hydrogens is 366 g/mol. The average molecular weight is 377 g/mol. The molecule has 0 radical (unpaired) electrons. The Kier molecular flexibility index (Phi) is 4.41. The van der Waals surface area contributed by atoms with Crippen LogP contribution in [0.4, 0.5) is 0 Å². The molecule has 0 aliphatic carbocycles. The van der Waals surface area contributed by atoms with Gasteiger partial charge in [-0.05, 0) is 18.4 Å². The highest BCUT2D eigenvalue weighted by Gasteiger charge is 2.13. The minimum absolute atomic E-state index is 0.479. The first-order valence-electron chi connectivity index (χ1n) is 6.97. The van der Waals surface area contributed by atoms with Crippen molar-refractivity contribution in [2.45, 2.75) is 24.3 Å². The molecule has 24 heavy (non-hydrogen) atoms. The van der Waals surface area contributed by atoms with Gasteiger partial charge in [0.1, 0.15) is 0 Å². The summed E-state index contributed by atoms with van der Waals surface area (Å²) >= 11 is 4.57. The summed E-state index contributed by atoms with van der Waals surface area (Å²) < 4.78 is 10.9. The van der Waals surface area contributed by atoms with Crippen LogP contribution >= 0.6 is 34.4 Å². The van der Waals surface area contributed by atoms with Crippen LogP contribution in [0.15, 0.2) is 36.4 Å². The predicted octanol–water partition coefficient (Wildman–Crippen LogP) is 3.83. The zero-order valence-corrected chi connectivity index (χ0v) is 15.0. The molecule has 0 amide bonds. The molecule has 0 spiro atoms. The summed E-state index contributed by atoms with van der Waals surface area (Å²) in [5.41, 5.74) is 1.90. The normalized spacial score (nSPS) is 11.2. The molecule has 0 fully saturated rings. The van der Waals surface area contributed by atoms with Crippen molar-refractivity contribution in [2.24, 2.45) is 0 Å². The number of hydrogen-bond donors (Lipinski definition) is 0. The predicted molar refractivity (Wildman–Crippen MR) is 91.1 cm³/mol. The van der Waals surface area contributed by atoms with Crippen molar-refractivity contribution in [3.05, 3.63) is 44.7 Å². The van der Waals surface area contributed by atoms with Crippen LogP contribution in [0.2, 0.25) is 0 Å². The number of aromatic nitrogens is 5. The second-order valence-electron chi connectivity index (χ2n) is 4.81. The van der Waals surface area contributed by atoms with Crippen LogP contribution < -0.4 is 0 Å². The summed E-state index contributed by atoms with van der Waals surface area (Å²) in [5.74, 6) is 2.15. The number of hydrogen-bond acceptors (Lipinski definition) is 10. The summed E-state index contributed by atoms with van der Waals surface area (Å²) in [6.45, 7) is 1.97. The standard InChI is InChI=1S/C14H11N5O2S3/c1-8-15-10(6-23-8)4-11-17-18-14(20-11)24-7-12-16-13(19-21-12)9-2-3-22-5-9/h2-3,5-6H,4,7H2,1H3. The minimum Gasteiger partial charge on any atom is -0.416 e. The van der Waals surface area contributed by atoms with Crippen LogP contribution in [0.3, 0.4) is 0 Å². The van der Waals surface area contributed by atoms with Crippen LogP contribution in [-0.2, 0) is 12.2 Å². The van der Waals surface area contributed by atoms with Gasteiger partial charge in [0, 0.05) is 16.3 Å². The lowest BCUT2D eigenvalue weighted by Gasteiger charge is -1.91.